The summed E-state index contributed by atoms with van der Waals surface area (Å²) >= 11 is 1.85. The van der Waals surface area contributed by atoms with Crippen LogP contribution >= 0.6 is 11.8 Å². The third-order valence-electron chi connectivity index (χ3n) is 4.88. The number of carbonyl (C=O) groups is 2. The van der Waals surface area contributed by atoms with E-state index in [-0.39, 0.29) is 12.1 Å². The first kappa shape index (κ1) is 16.5. The quantitative estimate of drug-likeness (QED) is 0.836. The Morgan fingerprint density at radius 1 is 1.29 bits per heavy atom. The number of hydrogen-bond donors (Lipinski definition) is 2. The zero-order valence-electron chi connectivity index (χ0n) is 12.9. The first-order chi connectivity index (χ1) is 10.0. The van der Waals surface area contributed by atoms with E-state index in [0.29, 0.717) is 24.1 Å². The minimum atomic E-state index is -0.878. The van der Waals surface area contributed by atoms with Crippen LogP contribution in [0, 0.1) is 5.92 Å². The average Bonchev–Trinajstić information content (AvgIpc) is 2.94. The average molecular weight is 314 g/mol. The summed E-state index contributed by atoms with van der Waals surface area (Å²) in [7, 11) is 0. The van der Waals surface area contributed by atoms with Gasteiger partial charge in [-0.05, 0) is 44.3 Å². The van der Waals surface area contributed by atoms with Gasteiger partial charge in [-0.2, -0.15) is 11.8 Å². The fourth-order valence-corrected chi connectivity index (χ4v) is 4.23. The Labute approximate surface area is 130 Å². The van der Waals surface area contributed by atoms with Gasteiger partial charge in [0.15, 0.2) is 0 Å². The van der Waals surface area contributed by atoms with E-state index >= 15 is 0 Å². The van der Waals surface area contributed by atoms with Crippen LogP contribution in [0.2, 0.25) is 0 Å². The predicted molar refractivity (Wildman–Crippen MR) is 84.6 cm³/mol. The minimum Gasteiger partial charge on any atom is -0.480 e. The van der Waals surface area contributed by atoms with Crippen LogP contribution in [0.5, 0.6) is 0 Å². The van der Waals surface area contributed by atoms with Gasteiger partial charge >= 0.3 is 12.0 Å². The molecular formula is C15H26N2O3S. The molecule has 6 heteroatoms. The van der Waals surface area contributed by atoms with E-state index in [0.717, 1.165) is 32.1 Å². The van der Waals surface area contributed by atoms with E-state index in [2.05, 4.69) is 18.5 Å². The van der Waals surface area contributed by atoms with Gasteiger partial charge in [0.05, 0.1) is 0 Å². The summed E-state index contributed by atoms with van der Waals surface area (Å²) in [5, 5.41) is 13.0. The van der Waals surface area contributed by atoms with Gasteiger partial charge in [0.1, 0.15) is 6.04 Å². The number of urea groups is 1. The zero-order chi connectivity index (χ0) is 15.4. The van der Waals surface area contributed by atoms with Crippen molar-refractivity contribution in [1.82, 2.24) is 10.2 Å². The zero-order valence-corrected chi connectivity index (χ0v) is 13.7. The molecular weight excluding hydrogens is 288 g/mol. The van der Waals surface area contributed by atoms with E-state index in [9.17, 15) is 14.7 Å². The third kappa shape index (κ3) is 4.05. The van der Waals surface area contributed by atoms with Crippen molar-refractivity contribution in [2.24, 2.45) is 5.92 Å². The number of nitrogens with one attached hydrogen (secondary N) is 1. The molecule has 2 N–H and O–H groups in total. The summed E-state index contributed by atoms with van der Waals surface area (Å²) in [5.41, 5.74) is 0. The van der Waals surface area contributed by atoms with Crippen LogP contribution in [0.4, 0.5) is 4.79 Å². The lowest BCUT2D eigenvalue weighted by Crippen LogP contribution is -2.55. The monoisotopic (exact) mass is 314 g/mol. The Morgan fingerprint density at radius 2 is 2.05 bits per heavy atom. The number of carbonyl (C=O) groups excluding carboxylic acids is 1. The molecule has 21 heavy (non-hydrogen) atoms. The summed E-state index contributed by atoms with van der Waals surface area (Å²) in [4.78, 5) is 25.4. The first-order valence-corrected chi connectivity index (χ1v) is 9.16. The SMILES string of the molecule is CCC1CCN(C(=O)NC2CCC(SC)C2)C(C(=O)O)C1. The molecule has 0 bridgehead atoms. The van der Waals surface area contributed by atoms with Crippen molar-refractivity contribution in [3.63, 3.8) is 0 Å². The number of thioether (sulfide) groups is 1. The lowest BCUT2D eigenvalue weighted by atomic mass is 9.89. The molecule has 2 aliphatic rings. The normalized spacial score (nSPS) is 33.0. The van der Waals surface area contributed by atoms with E-state index in [1.807, 2.05) is 11.8 Å². The third-order valence-corrected chi connectivity index (χ3v) is 5.97. The van der Waals surface area contributed by atoms with Crippen LogP contribution < -0.4 is 5.32 Å². The lowest BCUT2D eigenvalue weighted by molar-refractivity contribution is -0.144. The van der Waals surface area contributed by atoms with Crippen molar-refractivity contribution in [1.29, 1.82) is 0 Å². The number of aliphatic carboxylic acids is 1. The number of amides is 2. The smallest absolute Gasteiger partial charge is 0.326 e. The highest BCUT2D eigenvalue weighted by Gasteiger charge is 2.37. The van der Waals surface area contributed by atoms with Gasteiger partial charge < -0.3 is 15.3 Å². The second-order valence-electron chi connectivity index (χ2n) is 6.16. The van der Waals surface area contributed by atoms with E-state index in [1.165, 1.54) is 4.90 Å². The second kappa shape index (κ2) is 7.38. The molecule has 4 atom stereocenters. The molecule has 1 aliphatic carbocycles. The molecule has 2 fully saturated rings. The van der Waals surface area contributed by atoms with Gasteiger partial charge in [0.2, 0.25) is 0 Å². The lowest BCUT2D eigenvalue weighted by Gasteiger charge is -2.37. The summed E-state index contributed by atoms with van der Waals surface area (Å²) in [6.07, 6.45) is 7.70. The molecule has 1 saturated heterocycles. The highest BCUT2D eigenvalue weighted by atomic mass is 32.2. The molecule has 0 radical (unpaired) electrons. The van der Waals surface area contributed by atoms with E-state index in [4.69, 9.17) is 0 Å². The van der Waals surface area contributed by atoms with Crippen LogP contribution in [0.3, 0.4) is 0 Å². The molecule has 1 heterocycles. The van der Waals surface area contributed by atoms with Crippen LogP contribution in [0.25, 0.3) is 0 Å². The molecule has 0 aromatic rings. The molecule has 2 amide bonds. The summed E-state index contributed by atoms with van der Waals surface area (Å²) in [6.45, 7) is 2.64. The number of hydrogen-bond acceptors (Lipinski definition) is 3. The van der Waals surface area contributed by atoms with Crippen molar-refractivity contribution >= 4 is 23.8 Å². The Morgan fingerprint density at radius 3 is 2.62 bits per heavy atom. The maximum atomic E-state index is 12.4. The van der Waals surface area contributed by atoms with Gasteiger partial charge in [0, 0.05) is 17.8 Å². The molecule has 0 spiro atoms. The highest BCUT2D eigenvalue weighted by Crippen LogP contribution is 2.29. The molecule has 4 unspecified atom stereocenters. The molecule has 0 aromatic carbocycles. The Hall–Kier alpha value is -0.910. The summed E-state index contributed by atoms with van der Waals surface area (Å²) in [5.74, 6) is -0.459. The van der Waals surface area contributed by atoms with E-state index < -0.39 is 12.0 Å². The van der Waals surface area contributed by atoms with Crippen molar-refractivity contribution in [2.75, 3.05) is 12.8 Å². The number of likely N-dealkylation sites (tertiary alicyclic amines) is 1. The number of piperidine rings is 1. The highest BCUT2D eigenvalue weighted by molar-refractivity contribution is 7.99. The van der Waals surface area contributed by atoms with Gasteiger partial charge in [-0.25, -0.2) is 9.59 Å². The van der Waals surface area contributed by atoms with Gasteiger partial charge in [-0.15, -0.1) is 0 Å². The van der Waals surface area contributed by atoms with Crippen LogP contribution in [-0.4, -0.2) is 52.1 Å². The Kier molecular flexibility index (Phi) is 5.79. The number of carboxylic acids is 1. The Bertz CT molecular complexity index is 391. The summed E-state index contributed by atoms with van der Waals surface area (Å²) < 4.78 is 0. The molecule has 5 nitrogen and oxygen atoms in total. The van der Waals surface area contributed by atoms with Crippen LogP contribution in [-0.2, 0) is 4.79 Å². The summed E-state index contributed by atoms with van der Waals surface area (Å²) in [6, 6.07) is -0.654. The van der Waals surface area contributed by atoms with Crippen molar-refractivity contribution in [3.8, 4) is 0 Å². The molecule has 0 aromatic heterocycles. The maximum Gasteiger partial charge on any atom is 0.326 e. The minimum absolute atomic E-state index is 0.191. The molecule has 2 rings (SSSR count). The fraction of sp³-hybridized carbons (Fsp3) is 0.867. The van der Waals surface area contributed by atoms with Gasteiger partial charge in [-0.1, -0.05) is 13.3 Å². The number of nitrogens with zero attached hydrogens (tertiary/aromatic N) is 1. The van der Waals surface area contributed by atoms with Gasteiger partial charge in [-0.3, -0.25) is 0 Å². The second-order valence-corrected chi connectivity index (χ2v) is 7.30. The predicted octanol–water partition coefficient (Wildman–Crippen LogP) is 2.56. The molecule has 1 saturated carbocycles. The molecule has 1 aliphatic heterocycles. The standard InChI is InChI=1S/C15H26N2O3S/c1-3-10-6-7-17(13(8-10)14(18)19)15(20)16-11-4-5-12(9-11)21-2/h10-13H,3-9H2,1-2H3,(H,16,20)(H,18,19). The maximum absolute atomic E-state index is 12.4. The van der Waals surface area contributed by atoms with E-state index in [1.54, 1.807) is 0 Å². The topological polar surface area (TPSA) is 69.6 Å². The van der Waals surface area contributed by atoms with Crippen LogP contribution in [0.1, 0.15) is 45.4 Å². The largest absolute Gasteiger partial charge is 0.480 e. The van der Waals surface area contributed by atoms with Crippen molar-refractivity contribution in [3.05, 3.63) is 0 Å². The van der Waals surface area contributed by atoms with Gasteiger partial charge in [0.25, 0.3) is 0 Å². The molecule has 120 valence electrons. The number of carboxylic acid groups (broad SMARTS) is 1. The Balaban J connectivity index is 1.92. The van der Waals surface area contributed by atoms with Crippen LogP contribution in [0.15, 0.2) is 0 Å². The first-order valence-electron chi connectivity index (χ1n) is 7.87. The van der Waals surface area contributed by atoms with Crippen molar-refractivity contribution < 1.29 is 14.7 Å². The van der Waals surface area contributed by atoms with Crippen molar-refractivity contribution in [2.45, 2.75) is 62.8 Å². The number of rotatable bonds is 4. The fourth-order valence-electron chi connectivity index (χ4n) is 3.43.